The van der Waals surface area contributed by atoms with E-state index in [1.807, 2.05) is 12.4 Å². The Balaban J connectivity index is 1.96. The van der Waals surface area contributed by atoms with Crippen molar-refractivity contribution in [2.45, 2.75) is 32.6 Å². The van der Waals surface area contributed by atoms with Crippen molar-refractivity contribution >= 4 is 0 Å². The van der Waals surface area contributed by atoms with E-state index in [2.05, 4.69) is 48.3 Å². The van der Waals surface area contributed by atoms with Gasteiger partial charge in [0.15, 0.2) is 0 Å². The maximum absolute atomic E-state index is 4.04. The zero-order chi connectivity index (χ0) is 11.9. The first-order valence-corrected chi connectivity index (χ1v) is 6.32. The number of hydrogen-bond donors (Lipinski definition) is 0. The number of rotatable bonds is 4. The van der Waals surface area contributed by atoms with Gasteiger partial charge in [0.1, 0.15) is 0 Å². The van der Waals surface area contributed by atoms with Gasteiger partial charge in [-0.25, -0.2) is 0 Å². The van der Waals surface area contributed by atoms with Crippen LogP contribution in [0.2, 0.25) is 0 Å². The number of allylic oxidation sites excluding steroid dienone is 6. The van der Waals surface area contributed by atoms with E-state index in [0.717, 1.165) is 25.7 Å². The lowest BCUT2D eigenvalue weighted by atomic mass is 10.1. The second-order valence-corrected chi connectivity index (χ2v) is 4.38. The molecule has 0 bridgehead atoms. The summed E-state index contributed by atoms with van der Waals surface area (Å²) >= 11 is 0. The van der Waals surface area contributed by atoms with Crippen LogP contribution in [0.5, 0.6) is 0 Å². The van der Waals surface area contributed by atoms with Gasteiger partial charge in [-0.2, -0.15) is 0 Å². The molecular formula is C16H19N. The Morgan fingerprint density at radius 3 is 2.71 bits per heavy atom. The van der Waals surface area contributed by atoms with Crippen molar-refractivity contribution in [3.63, 3.8) is 0 Å². The third-order valence-corrected chi connectivity index (χ3v) is 3.15. The van der Waals surface area contributed by atoms with E-state index in [9.17, 15) is 0 Å². The standard InChI is InChI=1S/C16H19N/c1-2-14-4-3-5-15(7-6-14)8-9-16-10-12-17-13-11-16/h3,5-7,10-13H,2,4,8-9H2,1H3. The van der Waals surface area contributed by atoms with Crippen LogP contribution < -0.4 is 0 Å². The van der Waals surface area contributed by atoms with E-state index in [4.69, 9.17) is 0 Å². The number of nitrogens with zero attached hydrogens (tertiary/aromatic N) is 1. The molecule has 0 saturated carbocycles. The van der Waals surface area contributed by atoms with E-state index < -0.39 is 0 Å². The first kappa shape index (κ1) is 11.8. The highest BCUT2D eigenvalue weighted by atomic mass is 14.6. The highest BCUT2D eigenvalue weighted by molar-refractivity contribution is 5.31. The van der Waals surface area contributed by atoms with Gasteiger partial charge in [0.05, 0.1) is 0 Å². The zero-order valence-electron chi connectivity index (χ0n) is 10.4. The van der Waals surface area contributed by atoms with E-state index in [0.29, 0.717) is 0 Å². The molecule has 1 aromatic rings. The molecule has 1 nitrogen and oxygen atoms in total. The fourth-order valence-electron chi connectivity index (χ4n) is 1.98. The van der Waals surface area contributed by atoms with Crippen molar-refractivity contribution in [2.75, 3.05) is 0 Å². The maximum atomic E-state index is 4.04. The number of aryl methyl sites for hydroxylation is 1. The predicted molar refractivity (Wildman–Crippen MR) is 72.8 cm³/mol. The van der Waals surface area contributed by atoms with Gasteiger partial charge in [0, 0.05) is 12.4 Å². The summed E-state index contributed by atoms with van der Waals surface area (Å²) in [5.41, 5.74) is 4.30. The molecule has 0 radical (unpaired) electrons. The number of aromatic nitrogens is 1. The average Bonchev–Trinajstić information content (AvgIpc) is 2.62. The molecule has 0 saturated heterocycles. The van der Waals surface area contributed by atoms with Gasteiger partial charge in [-0.15, -0.1) is 0 Å². The molecule has 0 aliphatic heterocycles. The highest BCUT2D eigenvalue weighted by Gasteiger charge is 1.99. The number of hydrogen-bond acceptors (Lipinski definition) is 1. The van der Waals surface area contributed by atoms with E-state index >= 15 is 0 Å². The molecule has 1 aliphatic rings. The van der Waals surface area contributed by atoms with Crippen molar-refractivity contribution in [1.82, 2.24) is 4.98 Å². The zero-order valence-corrected chi connectivity index (χ0v) is 10.4. The smallest absolute Gasteiger partial charge is 0.0270 e. The average molecular weight is 225 g/mol. The van der Waals surface area contributed by atoms with Crippen LogP contribution in [-0.4, -0.2) is 4.98 Å². The van der Waals surface area contributed by atoms with Gasteiger partial charge in [0.2, 0.25) is 0 Å². The molecule has 1 aliphatic carbocycles. The van der Waals surface area contributed by atoms with E-state index in [1.54, 1.807) is 0 Å². The normalized spacial score (nSPS) is 15.1. The number of pyridine rings is 1. The molecule has 0 unspecified atom stereocenters. The van der Waals surface area contributed by atoms with Gasteiger partial charge < -0.3 is 0 Å². The maximum Gasteiger partial charge on any atom is 0.0270 e. The predicted octanol–water partition coefficient (Wildman–Crippen LogP) is 4.24. The van der Waals surface area contributed by atoms with Crippen LogP contribution in [-0.2, 0) is 6.42 Å². The lowest BCUT2D eigenvalue weighted by Gasteiger charge is -2.01. The molecule has 1 aromatic heterocycles. The first-order chi connectivity index (χ1) is 8.38. The Bertz CT molecular complexity index is 438. The second kappa shape index (κ2) is 6.19. The minimum Gasteiger partial charge on any atom is -0.265 e. The van der Waals surface area contributed by atoms with Crippen LogP contribution in [0.1, 0.15) is 31.7 Å². The molecule has 0 aromatic carbocycles. The third-order valence-electron chi connectivity index (χ3n) is 3.15. The fraction of sp³-hybridized carbons (Fsp3) is 0.312. The second-order valence-electron chi connectivity index (χ2n) is 4.38. The highest BCUT2D eigenvalue weighted by Crippen LogP contribution is 2.17. The van der Waals surface area contributed by atoms with Gasteiger partial charge in [-0.3, -0.25) is 4.98 Å². The summed E-state index contributed by atoms with van der Waals surface area (Å²) in [6.45, 7) is 2.22. The van der Waals surface area contributed by atoms with Gasteiger partial charge in [-0.05, 0) is 49.0 Å². The summed E-state index contributed by atoms with van der Waals surface area (Å²) in [7, 11) is 0. The summed E-state index contributed by atoms with van der Waals surface area (Å²) in [5, 5.41) is 0. The Morgan fingerprint density at radius 2 is 1.94 bits per heavy atom. The minimum atomic E-state index is 1.09. The molecule has 0 fully saturated rings. The van der Waals surface area contributed by atoms with Gasteiger partial charge in [-0.1, -0.05) is 36.8 Å². The molecule has 1 heteroatoms. The van der Waals surface area contributed by atoms with Crippen molar-refractivity contribution < 1.29 is 0 Å². The van der Waals surface area contributed by atoms with Crippen LogP contribution in [0.3, 0.4) is 0 Å². The van der Waals surface area contributed by atoms with Crippen molar-refractivity contribution in [2.24, 2.45) is 0 Å². The minimum absolute atomic E-state index is 1.09. The lowest BCUT2D eigenvalue weighted by Crippen LogP contribution is -1.87. The Hall–Kier alpha value is -1.63. The van der Waals surface area contributed by atoms with Crippen LogP contribution >= 0.6 is 0 Å². The van der Waals surface area contributed by atoms with Crippen molar-refractivity contribution in [1.29, 1.82) is 0 Å². The SMILES string of the molecule is CCC1=CC=C(CCc2ccncc2)C=CC1. The molecule has 1 heterocycles. The molecule has 88 valence electrons. The quantitative estimate of drug-likeness (QED) is 0.747. The Kier molecular flexibility index (Phi) is 4.31. The van der Waals surface area contributed by atoms with Gasteiger partial charge >= 0.3 is 0 Å². The fourth-order valence-corrected chi connectivity index (χ4v) is 1.98. The summed E-state index contributed by atoms with van der Waals surface area (Å²) in [5.74, 6) is 0. The Morgan fingerprint density at radius 1 is 1.12 bits per heavy atom. The van der Waals surface area contributed by atoms with Crippen LogP contribution in [0.15, 0.2) is 60.0 Å². The summed E-state index contributed by atoms with van der Waals surface area (Å²) in [4.78, 5) is 4.04. The molecule has 0 amide bonds. The monoisotopic (exact) mass is 225 g/mol. The molecular weight excluding hydrogens is 206 g/mol. The largest absolute Gasteiger partial charge is 0.265 e. The third kappa shape index (κ3) is 3.70. The van der Waals surface area contributed by atoms with Crippen molar-refractivity contribution in [3.05, 3.63) is 65.5 Å². The molecule has 0 atom stereocenters. The molecule has 0 N–H and O–H groups in total. The van der Waals surface area contributed by atoms with Crippen molar-refractivity contribution in [3.8, 4) is 0 Å². The lowest BCUT2D eigenvalue weighted by molar-refractivity contribution is 0.960. The molecule has 17 heavy (non-hydrogen) atoms. The Labute approximate surface area is 104 Å². The van der Waals surface area contributed by atoms with Gasteiger partial charge in [0.25, 0.3) is 0 Å². The van der Waals surface area contributed by atoms with Crippen LogP contribution in [0.25, 0.3) is 0 Å². The van der Waals surface area contributed by atoms with E-state index in [1.165, 1.54) is 16.7 Å². The summed E-state index contributed by atoms with van der Waals surface area (Å²) in [6, 6.07) is 4.18. The molecule has 0 spiro atoms. The van der Waals surface area contributed by atoms with E-state index in [-0.39, 0.29) is 0 Å². The summed E-state index contributed by atoms with van der Waals surface area (Å²) < 4.78 is 0. The first-order valence-electron chi connectivity index (χ1n) is 6.32. The topological polar surface area (TPSA) is 12.9 Å². The summed E-state index contributed by atoms with van der Waals surface area (Å²) in [6.07, 6.45) is 17.3. The van der Waals surface area contributed by atoms with Crippen LogP contribution in [0, 0.1) is 0 Å². The molecule has 2 rings (SSSR count). The van der Waals surface area contributed by atoms with Crippen LogP contribution in [0.4, 0.5) is 0 Å².